The van der Waals surface area contributed by atoms with E-state index in [9.17, 15) is 9.59 Å². The lowest BCUT2D eigenvalue weighted by molar-refractivity contribution is -0.121. The number of guanidine groups is 2. The highest BCUT2D eigenvalue weighted by molar-refractivity contribution is 5.79. The number of carbonyl (C=O) groups is 2. The predicted octanol–water partition coefficient (Wildman–Crippen LogP) is 3.93. The average molecular weight is 610 g/mol. The van der Waals surface area contributed by atoms with Crippen LogP contribution in [0, 0.1) is 0 Å². The first-order valence-electron chi connectivity index (χ1n) is 16.8. The third kappa shape index (κ3) is 25.6. The largest absolute Gasteiger partial charge is 0.370 e. The van der Waals surface area contributed by atoms with E-state index >= 15 is 0 Å². The molecule has 252 valence electrons. The Morgan fingerprint density at radius 2 is 1.19 bits per heavy atom. The number of hydrogen-bond donors (Lipinski definition) is 7. The first-order chi connectivity index (χ1) is 20.4. The maximum Gasteiger partial charge on any atom is 0.219 e. The van der Waals surface area contributed by atoms with Crippen molar-refractivity contribution in [2.24, 2.45) is 32.9 Å². The van der Waals surface area contributed by atoms with Crippen molar-refractivity contribution in [3.8, 4) is 0 Å². The summed E-state index contributed by atoms with van der Waals surface area (Å²) in [6, 6.07) is 0. The lowest BCUT2D eigenvalue weighted by Crippen LogP contribution is -2.49. The Hall–Kier alpha value is -2.56. The number of nitrogens with one attached hydrogen (secondary N) is 3. The van der Waals surface area contributed by atoms with Gasteiger partial charge in [-0.05, 0) is 85.1 Å². The predicted molar refractivity (Wildman–Crippen MR) is 182 cm³/mol. The molecule has 0 rings (SSSR count). The van der Waals surface area contributed by atoms with Gasteiger partial charge in [-0.3, -0.25) is 19.6 Å². The number of amides is 2. The zero-order chi connectivity index (χ0) is 32.4. The molecule has 0 aliphatic heterocycles. The molecular weight excluding hydrogens is 542 g/mol. The number of hydrogen-bond acceptors (Lipinski definition) is 5. The molecule has 0 radical (unpaired) electrons. The molecule has 0 saturated carbocycles. The number of aliphatic imine (C=N–C) groups is 2. The van der Waals surface area contributed by atoms with Crippen molar-refractivity contribution in [2.75, 3.05) is 26.2 Å². The smallest absolute Gasteiger partial charge is 0.219 e. The van der Waals surface area contributed by atoms with Crippen molar-refractivity contribution in [2.45, 2.75) is 154 Å². The fraction of sp³-hybridized carbons (Fsp3) is 0.875. The van der Waals surface area contributed by atoms with Gasteiger partial charge >= 0.3 is 0 Å². The Morgan fingerprint density at radius 1 is 0.651 bits per heavy atom. The Bertz CT molecular complexity index is 802. The van der Waals surface area contributed by atoms with Crippen molar-refractivity contribution in [3.63, 3.8) is 0 Å². The van der Waals surface area contributed by atoms with E-state index < -0.39 is 0 Å². The molecule has 0 bridgehead atoms. The van der Waals surface area contributed by atoms with E-state index in [2.05, 4.69) is 53.6 Å². The molecule has 0 spiro atoms. The molecule has 0 saturated heterocycles. The molecule has 0 fully saturated rings. The van der Waals surface area contributed by atoms with E-state index in [0.29, 0.717) is 37.9 Å². The minimum Gasteiger partial charge on any atom is -0.370 e. The molecule has 0 heterocycles. The van der Waals surface area contributed by atoms with Crippen LogP contribution >= 0.6 is 0 Å². The van der Waals surface area contributed by atoms with Crippen molar-refractivity contribution in [1.29, 1.82) is 0 Å². The van der Waals surface area contributed by atoms with Gasteiger partial charge in [0.25, 0.3) is 0 Å². The molecule has 1 unspecified atom stereocenters. The highest BCUT2D eigenvalue weighted by Gasteiger charge is 2.22. The molecule has 0 aliphatic carbocycles. The summed E-state index contributed by atoms with van der Waals surface area (Å²) in [7, 11) is 0. The van der Waals surface area contributed by atoms with Crippen LogP contribution in [0.5, 0.6) is 0 Å². The van der Waals surface area contributed by atoms with E-state index in [-0.39, 0.29) is 22.9 Å². The number of nitrogens with two attached hydrogens (primary N) is 4. The zero-order valence-electron chi connectivity index (χ0n) is 28.1. The lowest BCUT2D eigenvalue weighted by Gasteiger charge is -2.30. The van der Waals surface area contributed by atoms with Gasteiger partial charge in [0.1, 0.15) is 0 Å². The summed E-state index contributed by atoms with van der Waals surface area (Å²) < 4.78 is 0. The minimum absolute atomic E-state index is 0.0755. The Morgan fingerprint density at radius 3 is 1.79 bits per heavy atom. The molecule has 11 N–H and O–H groups in total. The molecule has 11 heteroatoms. The van der Waals surface area contributed by atoms with Gasteiger partial charge in [0, 0.05) is 43.6 Å². The third-order valence-corrected chi connectivity index (χ3v) is 7.87. The van der Waals surface area contributed by atoms with Crippen LogP contribution in [-0.4, -0.2) is 61.0 Å². The molecular formula is C32H67N9O2. The number of rotatable bonds is 27. The van der Waals surface area contributed by atoms with Gasteiger partial charge in [-0.2, -0.15) is 0 Å². The summed E-state index contributed by atoms with van der Waals surface area (Å²) in [5.74, 6) is 0.862. The second kappa shape index (κ2) is 24.8. The Kier molecular flexibility index (Phi) is 23.4. The monoisotopic (exact) mass is 610 g/mol. The summed E-state index contributed by atoms with van der Waals surface area (Å²) in [5.41, 5.74) is 22.7. The van der Waals surface area contributed by atoms with E-state index in [1.54, 1.807) is 0 Å². The van der Waals surface area contributed by atoms with Crippen LogP contribution < -0.4 is 38.9 Å². The van der Waals surface area contributed by atoms with Crippen LogP contribution in [0.4, 0.5) is 0 Å². The van der Waals surface area contributed by atoms with Crippen molar-refractivity contribution in [3.05, 3.63) is 0 Å². The fourth-order valence-electron chi connectivity index (χ4n) is 4.88. The molecule has 0 aliphatic rings. The van der Waals surface area contributed by atoms with Crippen LogP contribution in [0.15, 0.2) is 9.98 Å². The second-order valence-electron chi connectivity index (χ2n) is 12.8. The van der Waals surface area contributed by atoms with Crippen molar-refractivity contribution in [1.82, 2.24) is 16.0 Å². The average Bonchev–Trinajstić information content (AvgIpc) is 2.93. The first-order valence-corrected chi connectivity index (χ1v) is 16.8. The minimum atomic E-state index is -0.252. The lowest BCUT2D eigenvalue weighted by atomic mass is 9.91. The van der Waals surface area contributed by atoms with Crippen LogP contribution in [0.25, 0.3) is 0 Å². The van der Waals surface area contributed by atoms with Gasteiger partial charge in [0.15, 0.2) is 11.9 Å². The van der Waals surface area contributed by atoms with Crippen molar-refractivity contribution < 1.29 is 9.59 Å². The van der Waals surface area contributed by atoms with Gasteiger partial charge in [0.05, 0.1) is 0 Å². The molecule has 1 atom stereocenters. The molecule has 43 heavy (non-hydrogen) atoms. The van der Waals surface area contributed by atoms with Crippen LogP contribution in [0.3, 0.4) is 0 Å². The SMILES string of the molecule is CCC(C)(CCCCCCNC(=O)CCCCCN=C(N)NC(C)(C)CCCCCN)NC(N)=NCCCCCC(N)=O. The van der Waals surface area contributed by atoms with Crippen LogP contribution in [-0.2, 0) is 9.59 Å². The second-order valence-corrected chi connectivity index (χ2v) is 12.8. The Balaban J connectivity index is 3.89. The molecule has 0 aromatic heterocycles. The number of unbranched alkanes of at least 4 members (excludes halogenated alkanes) is 9. The zero-order valence-corrected chi connectivity index (χ0v) is 28.1. The standard InChI is InChI=1S/C32H67N9O2/c1-5-32(4,41-30(36)39-26-17-8-11-19-27(34)42)22-14-6-7-16-24-37-28(43)20-12-9-18-25-38-29(35)40-31(2,3)21-13-10-15-23-33/h5-26,33H2,1-4H3,(H2,34,42)(H,37,43)(H3,35,38,40)(H3,36,39,41). The summed E-state index contributed by atoms with van der Waals surface area (Å²) in [6.07, 6.45) is 17.0. The van der Waals surface area contributed by atoms with E-state index in [4.69, 9.17) is 22.9 Å². The van der Waals surface area contributed by atoms with Gasteiger partial charge in [-0.25, -0.2) is 0 Å². The molecule has 0 aromatic carbocycles. The van der Waals surface area contributed by atoms with E-state index in [1.165, 1.54) is 0 Å². The van der Waals surface area contributed by atoms with Gasteiger partial charge < -0.3 is 38.9 Å². The number of carbonyl (C=O) groups excluding carboxylic acids is 2. The summed E-state index contributed by atoms with van der Waals surface area (Å²) >= 11 is 0. The summed E-state index contributed by atoms with van der Waals surface area (Å²) in [5, 5.41) is 9.78. The molecule has 11 nitrogen and oxygen atoms in total. The van der Waals surface area contributed by atoms with Gasteiger partial charge in [-0.15, -0.1) is 0 Å². The summed E-state index contributed by atoms with van der Waals surface area (Å²) in [4.78, 5) is 31.8. The van der Waals surface area contributed by atoms with Crippen LogP contribution in [0.2, 0.25) is 0 Å². The van der Waals surface area contributed by atoms with Crippen molar-refractivity contribution >= 4 is 23.7 Å². The third-order valence-electron chi connectivity index (χ3n) is 7.87. The number of nitrogens with zero attached hydrogens (tertiary/aromatic N) is 2. The first kappa shape index (κ1) is 40.4. The van der Waals surface area contributed by atoms with Crippen LogP contribution in [0.1, 0.15) is 143 Å². The molecule has 2 amide bonds. The normalized spacial score (nSPS) is 13.9. The quantitative estimate of drug-likeness (QED) is 0.0415. The Labute approximate surface area is 262 Å². The highest BCUT2D eigenvalue weighted by atomic mass is 16.1. The van der Waals surface area contributed by atoms with Gasteiger partial charge in [-0.1, -0.05) is 51.9 Å². The maximum atomic E-state index is 12.2. The van der Waals surface area contributed by atoms with E-state index in [1.807, 2.05) is 0 Å². The van der Waals surface area contributed by atoms with Gasteiger partial charge in [0.2, 0.25) is 11.8 Å². The van der Waals surface area contributed by atoms with E-state index in [0.717, 1.165) is 116 Å². The number of primary amides is 1. The molecule has 0 aromatic rings. The highest BCUT2D eigenvalue weighted by Crippen LogP contribution is 2.19. The fourth-order valence-corrected chi connectivity index (χ4v) is 4.88. The maximum absolute atomic E-state index is 12.2. The summed E-state index contributed by atoms with van der Waals surface area (Å²) in [6.45, 7) is 11.4. The topological polar surface area (TPSA) is 199 Å².